The van der Waals surface area contributed by atoms with Gasteiger partial charge in [-0.3, -0.25) is 19.3 Å². The quantitative estimate of drug-likeness (QED) is 0.550. The molecule has 3 fully saturated rings. The second-order valence-corrected chi connectivity index (χ2v) is 9.60. The molecule has 6 heteroatoms. The fourth-order valence-corrected chi connectivity index (χ4v) is 6.39. The van der Waals surface area contributed by atoms with Crippen LogP contribution in [-0.2, 0) is 20.8 Å². The van der Waals surface area contributed by atoms with Gasteiger partial charge in [-0.2, -0.15) is 0 Å². The molecule has 0 aromatic heterocycles. The lowest BCUT2D eigenvalue weighted by Gasteiger charge is -2.37. The van der Waals surface area contributed by atoms with E-state index in [2.05, 4.69) is 17.5 Å². The van der Waals surface area contributed by atoms with Crippen LogP contribution in [0.25, 0.3) is 0 Å². The monoisotopic (exact) mass is 442 g/mol. The van der Waals surface area contributed by atoms with Gasteiger partial charge in [0.05, 0.1) is 24.6 Å². The molecule has 2 aromatic carbocycles. The summed E-state index contributed by atoms with van der Waals surface area (Å²) in [5.74, 6) is 0.412. The number of ether oxygens (including phenoxy) is 1. The Morgan fingerprint density at radius 2 is 1.58 bits per heavy atom. The van der Waals surface area contributed by atoms with E-state index in [9.17, 15) is 14.4 Å². The second-order valence-electron chi connectivity index (χ2n) is 9.60. The van der Waals surface area contributed by atoms with Crippen molar-refractivity contribution in [2.24, 2.45) is 35.5 Å². The number of benzene rings is 2. The predicted molar refractivity (Wildman–Crippen MR) is 122 cm³/mol. The molecule has 2 saturated carbocycles. The molecule has 1 aliphatic heterocycles. The van der Waals surface area contributed by atoms with Gasteiger partial charge >= 0.3 is 0 Å². The minimum absolute atomic E-state index is 0.126. The number of hydrogen-bond acceptors (Lipinski definition) is 4. The largest absolute Gasteiger partial charge is 0.495 e. The minimum Gasteiger partial charge on any atom is -0.495 e. The number of carbonyl (C=O) groups excluding carboxylic acids is 3. The molecule has 0 spiro atoms. The summed E-state index contributed by atoms with van der Waals surface area (Å²) in [5, 5.41) is 2.91. The number of methoxy groups -OCH3 is 1. The van der Waals surface area contributed by atoms with E-state index in [1.807, 2.05) is 36.4 Å². The summed E-state index contributed by atoms with van der Waals surface area (Å²) < 4.78 is 5.37. The molecule has 5 aliphatic rings. The van der Waals surface area contributed by atoms with Gasteiger partial charge in [0.2, 0.25) is 17.7 Å². The van der Waals surface area contributed by atoms with E-state index in [0.29, 0.717) is 23.3 Å². The zero-order chi connectivity index (χ0) is 22.7. The first-order valence-corrected chi connectivity index (χ1v) is 11.6. The van der Waals surface area contributed by atoms with Crippen LogP contribution in [0.5, 0.6) is 5.75 Å². The van der Waals surface area contributed by atoms with Crippen molar-refractivity contribution < 1.29 is 19.1 Å². The maximum Gasteiger partial charge on any atom is 0.248 e. The standard InChI is InChI=1S/C27H26N2O4/c1-33-22-10-6-5-9-20(22)28-25(30)21(13-15-7-3-2-4-8-15)29-26(31)23-16-11-12-17(19-14-18(16)19)24(23)27(29)32/h2-12,16-19,21,23-24H,13-14H2,1H3,(H,28,30). The smallest absolute Gasteiger partial charge is 0.248 e. The molecule has 7 rings (SSSR count). The number of likely N-dealkylation sites (tertiary alicyclic amines) is 1. The number of anilines is 1. The third-order valence-electron chi connectivity index (χ3n) is 7.95. The van der Waals surface area contributed by atoms with Crippen molar-refractivity contribution in [3.05, 3.63) is 72.3 Å². The summed E-state index contributed by atoms with van der Waals surface area (Å²) in [7, 11) is 1.54. The van der Waals surface area contributed by atoms with Crippen molar-refractivity contribution in [2.75, 3.05) is 12.4 Å². The highest BCUT2D eigenvalue weighted by molar-refractivity contribution is 6.11. The van der Waals surface area contributed by atoms with Gasteiger partial charge in [-0.05, 0) is 47.8 Å². The van der Waals surface area contributed by atoms with Crippen molar-refractivity contribution >= 4 is 23.4 Å². The van der Waals surface area contributed by atoms with Gasteiger partial charge in [0.25, 0.3) is 0 Å². The third-order valence-corrected chi connectivity index (χ3v) is 7.95. The maximum absolute atomic E-state index is 13.7. The number of rotatable bonds is 6. The summed E-state index contributed by atoms with van der Waals surface area (Å²) in [5.41, 5.74) is 1.42. The molecule has 7 atom stereocenters. The van der Waals surface area contributed by atoms with Crippen molar-refractivity contribution in [3.8, 4) is 5.75 Å². The highest BCUT2D eigenvalue weighted by Crippen LogP contribution is 2.65. The number of nitrogens with one attached hydrogen (secondary N) is 1. The van der Waals surface area contributed by atoms with Crippen LogP contribution >= 0.6 is 0 Å². The van der Waals surface area contributed by atoms with Gasteiger partial charge in [0.1, 0.15) is 11.8 Å². The molecule has 1 heterocycles. The van der Waals surface area contributed by atoms with Crippen molar-refractivity contribution in [3.63, 3.8) is 0 Å². The topological polar surface area (TPSA) is 75.7 Å². The fourth-order valence-electron chi connectivity index (χ4n) is 6.39. The van der Waals surface area contributed by atoms with Gasteiger partial charge in [0.15, 0.2) is 0 Å². The van der Waals surface area contributed by atoms with E-state index in [0.717, 1.165) is 12.0 Å². The Balaban J connectivity index is 1.34. The van der Waals surface area contributed by atoms with Crippen LogP contribution in [-0.4, -0.2) is 35.8 Å². The van der Waals surface area contributed by atoms with E-state index in [1.165, 1.54) is 4.90 Å². The Labute approximate surface area is 192 Å². The average Bonchev–Trinajstić information content (AvgIpc) is 3.62. The van der Waals surface area contributed by atoms with E-state index >= 15 is 0 Å². The third kappa shape index (κ3) is 3.11. The van der Waals surface area contributed by atoms with Crippen LogP contribution in [0.1, 0.15) is 12.0 Å². The SMILES string of the molecule is COc1ccccc1NC(=O)C(Cc1ccccc1)N1C(=O)C2C3C=CC(C4CC34)C2C1=O. The van der Waals surface area contributed by atoms with Gasteiger partial charge in [-0.1, -0.05) is 54.6 Å². The summed E-state index contributed by atoms with van der Waals surface area (Å²) >= 11 is 0. The lowest BCUT2D eigenvalue weighted by Crippen LogP contribution is -2.49. The molecular weight excluding hydrogens is 416 g/mol. The molecule has 4 aliphatic carbocycles. The number of amides is 3. The number of imide groups is 1. The molecule has 2 aromatic rings. The maximum atomic E-state index is 13.7. The van der Waals surface area contributed by atoms with Crippen LogP contribution in [0.3, 0.4) is 0 Å². The summed E-state index contributed by atoms with van der Waals surface area (Å²) in [6, 6.07) is 15.8. The molecule has 7 unspecified atom stereocenters. The van der Waals surface area contributed by atoms with Crippen molar-refractivity contribution in [2.45, 2.75) is 18.9 Å². The normalized spacial score (nSPS) is 31.7. The number of allylic oxidation sites excluding steroid dienone is 2. The summed E-state index contributed by atoms with van der Waals surface area (Å²) in [6.45, 7) is 0. The molecule has 0 radical (unpaired) electrons. The van der Waals surface area contributed by atoms with Gasteiger partial charge in [0, 0.05) is 6.42 Å². The van der Waals surface area contributed by atoms with Crippen LogP contribution < -0.4 is 10.1 Å². The van der Waals surface area contributed by atoms with E-state index < -0.39 is 6.04 Å². The molecule has 168 valence electrons. The zero-order valence-electron chi connectivity index (χ0n) is 18.4. The Morgan fingerprint density at radius 3 is 2.21 bits per heavy atom. The van der Waals surface area contributed by atoms with Crippen LogP contribution in [0.4, 0.5) is 5.69 Å². The average molecular weight is 443 g/mol. The first-order chi connectivity index (χ1) is 16.1. The van der Waals surface area contributed by atoms with Crippen LogP contribution in [0, 0.1) is 35.5 Å². The number of nitrogens with zero attached hydrogens (tertiary/aromatic N) is 1. The summed E-state index contributed by atoms with van der Waals surface area (Å²) in [6.07, 6.45) is 5.68. The highest BCUT2D eigenvalue weighted by Gasteiger charge is 2.67. The zero-order valence-corrected chi connectivity index (χ0v) is 18.4. The van der Waals surface area contributed by atoms with E-state index in [-0.39, 0.29) is 47.8 Å². The Bertz CT molecular complexity index is 1120. The number of hydrogen-bond donors (Lipinski definition) is 1. The molecule has 1 saturated heterocycles. The summed E-state index contributed by atoms with van der Waals surface area (Å²) in [4.78, 5) is 42.2. The van der Waals surface area contributed by atoms with Crippen LogP contribution in [0.15, 0.2) is 66.7 Å². The molecule has 3 amide bonds. The van der Waals surface area contributed by atoms with E-state index in [1.54, 1.807) is 25.3 Å². The molecular formula is C27H26N2O4. The Kier molecular flexibility index (Phi) is 4.64. The van der Waals surface area contributed by atoms with Crippen LogP contribution in [0.2, 0.25) is 0 Å². The fraction of sp³-hybridized carbons (Fsp3) is 0.370. The highest BCUT2D eigenvalue weighted by atomic mass is 16.5. The number of para-hydroxylation sites is 2. The molecule has 33 heavy (non-hydrogen) atoms. The Hall–Kier alpha value is -3.41. The van der Waals surface area contributed by atoms with Gasteiger partial charge < -0.3 is 10.1 Å². The minimum atomic E-state index is -0.918. The molecule has 2 bridgehead atoms. The number of carbonyl (C=O) groups is 3. The van der Waals surface area contributed by atoms with Crippen molar-refractivity contribution in [1.29, 1.82) is 0 Å². The lowest BCUT2D eigenvalue weighted by molar-refractivity contribution is -0.146. The predicted octanol–water partition coefficient (Wildman–Crippen LogP) is 3.30. The first-order valence-electron chi connectivity index (χ1n) is 11.6. The lowest BCUT2D eigenvalue weighted by atomic mass is 9.63. The molecule has 6 nitrogen and oxygen atoms in total. The first kappa shape index (κ1) is 20.2. The van der Waals surface area contributed by atoms with Gasteiger partial charge in [-0.15, -0.1) is 0 Å². The van der Waals surface area contributed by atoms with E-state index in [4.69, 9.17) is 4.74 Å². The van der Waals surface area contributed by atoms with Crippen molar-refractivity contribution in [1.82, 2.24) is 4.90 Å². The van der Waals surface area contributed by atoms with Gasteiger partial charge in [-0.25, -0.2) is 0 Å². The molecule has 1 N–H and O–H groups in total. The second kappa shape index (κ2) is 7.58. The Morgan fingerprint density at radius 1 is 0.970 bits per heavy atom.